The molecule has 0 unspecified atom stereocenters. The van der Waals surface area contributed by atoms with Crippen LogP contribution >= 0.6 is 0 Å². The second kappa shape index (κ2) is 10.7. The van der Waals surface area contributed by atoms with Crippen molar-refractivity contribution in [2.24, 2.45) is 0 Å². The van der Waals surface area contributed by atoms with Crippen molar-refractivity contribution in [3.63, 3.8) is 0 Å². The van der Waals surface area contributed by atoms with Crippen LogP contribution in [0.15, 0.2) is 30.3 Å². The molecule has 2 aliphatic rings. The number of amides is 1. The van der Waals surface area contributed by atoms with Crippen molar-refractivity contribution in [2.45, 2.75) is 57.9 Å². The molecule has 7 heteroatoms. The van der Waals surface area contributed by atoms with E-state index in [1.807, 2.05) is 42.2 Å². The van der Waals surface area contributed by atoms with E-state index in [2.05, 4.69) is 15.2 Å². The van der Waals surface area contributed by atoms with Crippen LogP contribution in [-0.4, -0.2) is 60.1 Å². The van der Waals surface area contributed by atoms with Crippen molar-refractivity contribution in [3.8, 4) is 5.75 Å². The van der Waals surface area contributed by atoms with Gasteiger partial charge in [-0.25, -0.2) is 4.98 Å². The highest BCUT2D eigenvalue weighted by Gasteiger charge is 2.23. The van der Waals surface area contributed by atoms with Crippen LogP contribution in [0, 0.1) is 6.92 Å². The summed E-state index contributed by atoms with van der Waals surface area (Å²) in [6, 6.07) is 10.5. The van der Waals surface area contributed by atoms with Crippen molar-refractivity contribution in [1.82, 2.24) is 14.9 Å². The molecule has 1 aliphatic heterocycles. The fourth-order valence-electron chi connectivity index (χ4n) is 4.59. The molecule has 32 heavy (non-hydrogen) atoms. The summed E-state index contributed by atoms with van der Waals surface area (Å²) >= 11 is 0. The lowest BCUT2D eigenvalue weighted by Gasteiger charge is -2.35. The van der Waals surface area contributed by atoms with Gasteiger partial charge in [-0.3, -0.25) is 4.79 Å². The number of carbonyl (C=O) groups is 1. The van der Waals surface area contributed by atoms with E-state index in [1.165, 1.54) is 32.1 Å². The molecular weight excluding hydrogens is 402 g/mol. The molecule has 1 aliphatic carbocycles. The molecule has 1 N–H and O–H groups in total. The molecule has 2 aromatic rings. The van der Waals surface area contributed by atoms with Gasteiger partial charge in [0.25, 0.3) is 0 Å². The highest BCUT2D eigenvalue weighted by Crippen LogP contribution is 2.22. The van der Waals surface area contributed by atoms with E-state index < -0.39 is 0 Å². The normalized spacial score (nSPS) is 17.3. The molecule has 1 saturated carbocycles. The maximum Gasteiger partial charge on any atom is 0.225 e. The van der Waals surface area contributed by atoms with Crippen molar-refractivity contribution in [2.75, 3.05) is 43.5 Å². The van der Waals surface area contributed by atoms with Crippen molar-refractivity contribution >= 4 is 17.7 Å². The van der Waals surface area contributed by atoms with E-state index in [-0.39, 0.29) is 5.91 Å². The zero-order valence-electron chi connectivity index (χ0n) is 19.3. The van der Waals surface area contributed by atoms with Gasteiger partial charge >= 0.3 is 0 Å². The first-order valence-electron chi connectivity index (χ1n) is 11.9. The summed E-state index contributed by atoms with van der Waals surface area (Å²) in [5.74, 6) is 2.76. The van der Waals surface area contributed by atoms with E-state index >= 15 is 0 Å². The van der Waals surface area contributed by atoms with Gasteiger partial charge in [-0.1, -0.05) is 31.4 Å². The molecule has 0 bridgehead atoms. The molecule has 172 valence electrons. The number of hydrogen-bond acceptors (Lipinski definition) is 6. The van der Waals surface area contributed by atoms with Crippen molar-refractivity contribution in [3.05, 3.63) is 41.6 Å². The number of benzene rings is 1. The van der Waals surface area contributed by atoms with E-state index in [0.29, 0.717) is 12.5 Å². The first kappa shape index (κ1) is 22.4. The van der Waals surface area contributed by atoms with E-state index in [1.54, 1.807) is 7.11 Å². The number of aromatic nitrogens is 2. The summed E-state index contributed by atoms with van der Waals surface area (Å²) in [4.78, 5) is 26.4. The van der Waals surface area contributed by atoms with Crippen LogP contribution in [0.5, 0.6) is 5.75 Å². The van der Waals surface area contributed by atoms with Crippen molar-refractivity contribution < 1.29 is 9.53 Å². The minimum absolute atomic E-state index is 0.221. The van der Waals surface area contributed by atoms with Crippen LogP contribution in [0.25, 0.3) is 0 Å². The summed E-state index contributed by atoms with van der Waals surface area (Å²) in [5, 5.41) is 3.55. The molecular formula is C25H35N5O2. The Hall–Kier alpha value is -2.83. The molecule has 4 rings (SSSR count). The minimum atomic E-state index is 0.221. The van der Waals surface area contributed by atoms with Crippen LogP contribution in [-0.2, 0) is 11.2 Å². The number of nitrogens with one attached hydrogen (secondary N) is 1. The average Bonchev–Trinajstić information content (AvgIpc) is 2.83. The predicted molar refractivity (Wildman–Crippen MR) is 127 cm³/mol. The molecule has 1 amide bonds. The van der Waals surface area contributed by atoms with Gasteiger partial charge in [0.05, 0.1) is 7.11 Å². The van der Waals surface area contributed by atoms with Crippen LogP contribution < -0.4 is 15.0 Å². The second-order valence-electron chi connectivity index (χ2n) is 8.89. The van der Waals surface area contributed by atoms with Crippen LogP contribution in [0.3, 0.4) is 0 Å². The van der Waals surface area contributed by atoms with Gasteiger partial charge in [-0.05, 0) is 43.9 Å². The van der Waals surface area contributed by atoms with E-state index in [4.69, 9.17) is 9.72 Å². The van der Waals surface area contributed by atoms with E-state index in [0.717, 1.165) is 61.4 Å². The third-order valence-corrected chi connectivity index (χ3v) is 6.52. The van der Waals surface area contributed by atoms with Crippen LogP contribution in [0.2, 0.25) is 0 Å². The number of ether oxygens (including phenoxy) is 1. The minimum Gasteiger partial charge on any atom is -0.497 e. The van der Waals surface area contributed by atoms with Gasteiger partial charge in [0.15, 0.2) is 0 Å². The number of nitrogens with zero attached hydrogens (tertiary/aromatic N) is 4. The number of aryl methyl sites for hydroxylation is 2. The SMILES string of the molecule is COc1ccc(CCC(=O)N2CCN(c3cc(C)nc(NC4CCCCC4)n3)CC2)cc1. The second-order valence-corrected chi connectivity index (χ2v) is 8.89. The molecule has 1 aromatic heterocycles. The third kappa shape index (κ3) is 5.90. The van der Waals surface area contributed by atoms with Gasteiger partial charge in [-0.2, -0.15) is 4.98 Å². The van der Waals surface area contributed by atoms with Gasteiger partial charge in [0.2, 0.25) is 11.9 Å². The lowest BCUT2D eigenvalue weighted by molar-refractivity contribution is -0.131. The number of piperazine rings is 1. The van der Waals surface area contributed by atoms with Gasteiger partial charge in [0, 0.05) is 50.4 Å². The lowest BCUT2D eigenvalue weighted by Crippen LogP contribution is -2.49. The summed E-state index contributed by atoms with van der Waals surface area (Å²) < 4.78 is 5.20. The molecule has 0 atom stereocenters. The Bertz CT molecular complexity index is 888. The number of methoxy groups -OCH3 is 1. The topological polar surface area (TPSA) is 70.6 Å². The summed E-state index contributed by atoms with van der Waals surface area (Å²) in [6.07, 6.45) is 7.59. The Kier molecular flexibility index (Phi) is 7.45. The molecule has 7 nitrogen and oxygen atoms in total. The number of rotatable bonds is 7. The van der Waals surface area contributed by atoms with Gasteiger partial charge in [-0.15, -0.1) is 0 Å². The Morgan fingerprint density at radius 2 is 1.78 bits per heavy atom. The molecule has 0 radical (unpaired) electrons. The molecule has 1 aromatic carbocycles. The summed E-state index contributed by atoms with van der Waals surface area (Å²) in [6.45, 7) is 5.09. The zero-order valence-corrected chi connectivity index (χ0v) is 19.3. The standard InChI is InChI=1S/C25H35N5O2/c1-19-18-23(28-25(26-19)27-21-6-4-3-5-7-21)29-14-16-30(17-15-29)24(31)13-10-20-8-11-22(32-2)12-9-20/h8-9,11-12,18,21H,3-7,10,13-17H2,1-2H3,(H,26,27,28). The molecule has 2 fully saturated rings. The Balaban J connectivity index is 1.28. The zero-order chi connectivity index (χ0) is 22.3. The highest BCUT2D eigenvalue weighted by atomic mass is 16.5. The highest BCUT2D eigenvalue weighted by molar-refractivity contribution is 5.76. The first-order valence-corrected chi connectivity index (χ1v) is 11.9. The van der Waals surface area contributed by atoms with Gasteiger partial charge in [0.1, 0.15) is 11.6 Å². The quantitative estimate of drug-likeness (QED) is 0.710. The predicted octanol–water partition coefficient (Wildman–Crippen LogP) is 3.82. The summed E-state index contributed by atoms with van der Waals surface area (Å²) in [7, 11) is 1.66. The number of carbonyl (C=O) groups excluding carboxylic acids is 1. The smallest absolute Gasteiger partial charge is 0.225 e. The molecule has 1 saturated heterocycles. The Labute approximate surface area is 191 Å². The van der Waals surface area contributed by atoms with Gasteiger partial charge < -0.3 is 19.9 Å². The monoisotopic (exact) mass is 437 g/mol. The molecule has 2 heterocycles. The lowest BCUT2D eigenvalue weighted by atomic mass is 9.96. The Morgan fingerprint density at radius 1 is 1.06 bits per heavy atom. The fourth-order valence-corrected chi connectivity index (χ4v) is 4.59. The largest absolute Gasteiger partial charge is 0.497 e. The number of anilines is 2. The first-order chi connectivity index (χ1) is 15.6. The van der Waals surface area contributed by atoms with E-state index in [9.17, 15) is 4.79 Å². The maximum absolute atomic E-state index is 12.7. The number of hydrogen-bond donors (Lipinski definition) is 1. The maximum atomic E-state index is 12.7. The van der Waals surface area contributed by atoms with Crippen LogP contribution in [0.4, 0.5) is 11.8 Å². The third-order valence-electron chi connectivity index (χ3n) is 6.52. The molecule has 0 spiro atoms. The fraction of sp³-hybridized carbons (Fsp3) is 0.560. The average molecular weight is 438 g/mol. The Morgan fingerprint density at radius 3 is 2.47 bits per heavy atom. The van der Waals surface area contributed by atoms with Crippen LogP contribution in [0.1, 0.15) is 49.8 Å². The van der Waals surface area contributed by atoms with Crippen molar-refractivity contribution in [1.29, 1.82) is 0 Å². The summed E-state index contributed by atoms with van der Waals surface area (Å²) in [5.41, 5.74) is 2.14.